The molecule has 1 aliphatic carbocycles. The maximum Gasteiger partial charge on any atom is 0.416 e. The van der Waals surface area contributed by atoms with Crippen molar-refractivity contribution in [1.29, 1.82) is 0 Å². The standard InChI is InChI=1S/C15H16F3NO3S/c16-15(17,18)12-4-6-13(7-5-12)23(21,22)19-11-2-1-8-14(20)9-3-10-14/h4-7,19-20H,2-3,9-11H2. The summed E-state index contributed by atoms with van der Waals surface area (Å²) in [5.74, 6) is 5.40. The summed E-state index contributed by atoms with van der Waals surface area (Å²) >= 11 is 0. The van der Waals surface area contributed by atoms with Crippen LogP contribution in [0.25, 0.3) is 0 Å². The minimum Gasteiger partial charge on any atom is -0.378 e. The molecule has 8 heteroatoms. The van der Waals surface area contributed by atoms with Crippen LogP contribution in [-0.2, 0) is 16.2 Å². The Labute approximate surface area is 132 Å². The lowest BCUT2D eigenvalue weighted by molar-refractivity contribution is -0.137. The van der Waals surface area contributed by atoms with E-state index in [4.69, 9.17) is 0 Å². The Kier molecular flexibility index (Phi) is 5.04. The van der Waals surface area contributed by atoms with E-state index in [0.717, 1.165) is 30.7 Å². The Morgan fingerprint density at radius 2 is 1.83 bits per heavy atom. The number of hydrogen-bond acceptors (Lipinski definition) is 3. The van der Waals surface area contributed by atoms with Gasteiger partial charge in [0.1, 0.15) is 5.60 Å². The second-order valence-electron chi connectivity index (χ2n) is 5.36. The van der Waals surface area contributed by atoms with Gasteiger partial charge in [-0.1, -0.05) is 11.8 Å². The number of halogens is 3. The van der Waals surface area contributed by atoms with Crippen molar-refractivity contribution in [2.45, 2.75) is 42.4 Å². The van der Waals surface area contributed by atoms with Crippen LogP contribution in [0.4, 0.5) is 13.2 Å². The quantitative estimate of drug-likeness (QED) is 0.649. The molecule has 4 nitrogen and oxygen atoms in total. The summed E-state index contributed by atoms with van der Waals surface area (Å²) in [5.41, 5.74) is -1.84. The molecule has 126 valence electrons. The SMILES string of the molecule is O=S(=O)(NCCC#CC1(O)CCC1)c1ccc(C(F)(F)F)cc1. The molecule has 0 amide bonds. The number of alkyl halides is 3. The van der Waals surface area contributed by atoms with E-state index in [1.807, 2.05) is 0 Å². The Balaban J connectivity index is 1.91. The normalized spacial score (nSPS) is 17.0. The molecule has 2 rings (SSSR count). The van der Waals surface area contributed by atoms with Crippen molar-refractivity contribution in [1.82, 2.24) is 4.72 Å². The third-order valence-corrected chi connectivity index (χ3v) is 5.01. The van der Waals surface area contributed by atoms with Crippen LogP contribution in [0.3, 0.4) is 0 Å². The molecule has 0 atom stereocenters. The largest absolute Gasteiger partial charge is 0.416 e. The zero-order valence-electron chi connectivity index (χ0n) is 12.2. The zero-order valence-corrected chi connectivity index (χ0v) is 13.0. The van der Waals surface area contributed by atoms with Gasteiger partial charge in [-0.2, -0.15) is 13.2 Å². The molecule has 1 aliphatic rings. The van der Waals surface area contributed by atoms with Crippen LogP contribution in [0.2, 0.25) is 0 Å². The first-order valence-electron chi connectivity index (χ1n) is 7.02. The van der Waals surface area contributed by atoms with Crippen molar-refractivity contribution in [2.24, 2.45) is 0 Å². The molecule has 0 saturated heterocycles. The van der Waals surface area contributed by atoms with E-state index in [0.29, 0.717) is 12.8 Å². The third kappa shape index (κ3) is 4.70. The van der Waals surface area contributed by atoms with E-state index in [-0.39, 0.29) is 17.9 Å². The molecular formula is C15H16F3NO3S. The summed E-state index contributed by atoms with van der Waals surface area (Å²) in [7, 11) is -3.88. The number of nitrogens with one attached hydrogen (secondary N) is 1. The second-order valence-corrected chi connectivity index (χ2v) is 7.12. The maximum atomic E-state index is 12.4. The molecule has 0 aromatic heterocycles. The van der Waals surface area contributed by atoms with Gasteiger partial charge in [0.25, 0.3) is 0 Å². The van der Waals surface area contributed by atoms with Gasteiger partial charge in [-0.25, -0.2) is 13.1 Å². The highest BCUT2D eigenvalue weighted by molar-refractivity contribution is 7.89. The fraction of sp³-hybridized carbons (Fsp3) is 0.467. The molecule has 0 heterocycles. The third-order valence-electron chi connectivity index (χ3n) is 3.54. The number of benzene rings is 1. The Morgan fingerprint density at radius 3 is 2.30 bits per heavy atom. The summed E-state index contributed by atoms with van der Waals surface area (Å²) in [6, 6.07) is 3.27. The van der Waals surface area contributed by atoms with Gasteiger partial charge in [-0.05, 0) is 43.5 Å². The second kappa shape index (κ2) is 6.51. The summed E-state index contributed by atoms with van der Waals surface area (Å²) in [5, 5.41) is 9.73. The van der Waals surface area contributed by atoms with Gasteiger partial charge in [-0.3, -0.25) is 0 Å². The van der Waals surface area contributed by atoms with Crippen LogP contribution in [0, 0.1) is 11.8 Å². The highest BCUT2D eigenvalue weighted by atomic mass is 32.2. The average molecular weight is 347 g/mol. The predicted molar refractivity (Wildman–Crippen MR) is 77.8 cm³/mol. The van der Waals surface area contributed by atoms with Crippen molar-refractivity contribution in [3.63, 3.8) is 0 Å². The molecule has 0 aliphatic heterocycles. The molecule has 1 fully saturated rings. The first-order valence-corrected chi connectivity index (χ1v) is 8.50. The molecule has 23 heavy (non-hydrogen) atoms. The number of hydrogen-bond donors (Lipinski definition) is 2. The maximum absolute atomic E-state index is 12.4. The first kappa shape index (κ1) is 17.8. The van der Waals surface area contributed by atoms with E-state index in [1.165, 1.54) is 0 Å². The van der Waals surface area contributed by atoms with Crippen LogP contribution in [-0.4, -0.2) is 25.7 Å². The molecule has 0 unspecified atom stereocenters. The number of aliphatic hydroxyl groups is 1. The molecule has 0 radical (unpaired) electrons. The van der Waals surface area contributed by atoms with E-state index in [9.17, 15) is 26.7 Å². The minimum absolute atomic E-state index is 0.0203. The van der Waals surface area contributed by atoms with Crippen LogP contribution >= 0.6 is 0 Å². The smallest absolute Gasteiger partial charge is 0.378 e. The molecule has 1 aromatic carbocycles. The average Bonchev–Trinajstić information content (AvgIpc) is 2.44. The topological polar surface area (TPSA) is 66.4 Å². The highest BCUT2D eigenvalue weighted by Gasteiger charge is 2.32. The highest BCUT2D eigenvalue weighted by Crippen LogP contribution is 2.30. The Morgan fingerprint density at radius 1 is 1.22 bits per heavy atom. The fourth-order valence-corrected chi connectivity index (χ4v) is 3.05. The van der Waals surface area contributed by atoms with Crippen LogP contribution < -0.4 is 4.72 Å². The predicted octanol–water partition coefficient (Wildman–Crippen LogP) is 2.29. The van der Waals surface area contributed by atoms with E-state index >= 15 is 0 Å². The number of sulfonamides is 1. The van der Waals surface area contributed by atoms with Crippen LogP contribution in [0.1, 0.15) is 31.2 Å². The summed E-state index contributed by atoms with van der Waals surface area (Å²) in [4.78, 5) is -0.240. The lowest BCUT2D eigenvalue weighted by Crippen LogP contribution is -2.34. The summed E-state index contributed by atoms with van der Waals surface area (Å²) < 4.78 is 63.4. The van der Waals surface area contributed by atoms with E-state index < -0.39 is 27.4 Å². The van der Waals surface area contributed by atoms with Gasteiger partial charge in [0, 0.05) is 13.0 Å². The van der Waals surface area contributed by atoms with Gasteiger partial charge in [0.15, 0.2) is 0 Å². The van der Waals surface area contributed by atoms with E-state index in [1.54, 1.807) is 0 Å². The van der Waals surface area contributed by atoms with Crippen molar-refractivity contribution < 1.29 is 26.7 Å². The van der Waals surface area contributed by atoms with Crippen molar-refractivity contribution >= 4 is 10.0 Å². The van der Waals surface area contributed by atoms with Crippen molar-refractivity contribution in [3.8, 4) is 11.8 Å². The van der Waals surface area contributed by atoms with Gasteiger partial charge in [0.05, 0.1) is 10.5 Å². The number of rotatable bonds is 4. The molecule has 0 spiro atoms. The van der Waals surface area contributed by atoms with Crippen LogP contribution in [0.15, 0.2) is 29.2 Å². The molecule has 1 aromatic rings. The molecule has 1 saturated carbocycles. The van der Waals surface area contributed by atoms with Crippen molar-refractivity contribution in [2.75, 3.05) is 6.54 Å². The molecular weight excluding hydrogens is 331 g/mol. The Hall–Kier alpha value is -1.56. The van der Waals surface area contributed by atoms with Gasteiger partial charge >= 0.3 is 6.18 Å². The summed E-state index contributed by atoms with van der Waals surface area (Å²) in [6.07, 6.45) is -2.13. The monoisotopic (exact) mass is 347 g/mol. The lowest BCUT2D eigenvalue weighted by Gasteiger charge is -2.30. The van der Waals surface area contributed by atoms with Gasteiger partial charge in [-0.15, -0.1) is 0 Å². The van der Waals surface area contributed by atoms with Crippen LogP contribution in [0.5, 0.6) is 0 Å². The van der Waals surface area contributed by atoms with Gasteiger partial charge < -0.3 is 5.11 Å². The first-order chi connectivity index (χ1) is 10.6. The summed E-state index contributed by atoms with van der Waals surface area (Å²) in [6.45, 7) is 0.0203. The fourth-order valence-electron chi connectivity index (χ4n) is 2.02. The minimum atomic E-state index is -4.51. The Bertz CT molecular complexity index is 711. The van der Waals surface area contributed by atoms with E-state index in [2.05, 4.69) is 16.6 Å². The lowest BCUT2D eigenvalue weighted by atomic mass is 9.81. The molecule has 0 bridgehead atoms. The van der Waals surface area contributed by atoms with Gasteiger partial charge in [0.2, 0.25) is 10.0 Å². The van der Waals surface area contributed by atoms with Crippen molar-refractivity contribution in [3.05, 3.63) is 29.8 Å². The zero-order chi connectivity index (χ0) is 17.1. The molecule has 2 N–H and O–H groups in total.